The van der Waals surface area contributed by atoms with Gasteiger partial charge in [-0.25, -0.2) is 9.13 Å². The summed E-state index contributed by atoms with van der Waals surface area (Å²) in [4.78, 5) is 12.8. The lowest BCUT2D eigenvalue weighted by Gasteiger charge is -2.10. The fourth-order valence-electron chi connectivity index (χ4n) is 3.98. The van der Waals surface area contributed by atoms with Crippen LogP contribution in [-0.2, 0) is 14.1 Å². The maximum atomic E-state index is 12.8. The maximum absolute atomic E-state index is 12.8. The Kier molecular flexibility index (Phi) is 5.75. The molecule has 2 heterocycles. The zero-order valence-corrected chi connectivity index (χ0v) is 19.2. The van der Waals surface area contributed by atoms with Crippen LogP contribution in [0, 0.1) is 0 Å². The molecule has 0 unspecified atom stereocenters. The Morgan fingerprint density at radius 3 is 2.06 bits per heavy atom. The van der Waals surface area contributed by atoms with E-state index in [1.165, 1.54) is 0 Å². The molecule has 3 aromatic carbocycles. The average molecular weight is 447 g/mol. The lowest BCUT2D eigenvalue weighted by Crippen LogP contribution is -2.28. The molecule has 5 nitrogen and oxygen atoms in total. The molecule has 5 heteroatoms. The monoisotopic (exact) mass is 446 g/mol. The van der Waals surface area contributed by atoms with Crippen molar-refractivity contribution < 1.29 is 13.9 Å². The molecule has 2 aromatic heterocycles. The third kappa shape index (κ3) is 4.50. The highest BCUT2D eigenvalue weighted by atomic mass is 16.1. The number of anilines is 3. The number of hydrogen-bond acceptors (Lipinski definition) is 2. The van der Waals surface area contributed by atoms with Gasteiger partial charge in [0.25, 0.3) is 5.91 Å². The van der Waals surface area contributed by atoms with Gasteiger partial charge in [-0.3, -0.25) is 4.79 Å². The number of carbonyl (C=O) groups excluding carboxylic acids is 1. The first-order chi connectivity index (χ1) is 16.6. The van der Waals surface area contributed by atoms with Gasteiger partial charge in [-0.2, -0.15) is 0 Å². The van der Waals surface area contributed by atoms with Crippen LogP contribution in [0.5, 0.6) is 0 Å². The number of nitrogens with zero attached hydrogens (tertiary/aromatic N) is 2. The van der Waals surface area contributed by atoms with Gasteiger partial charge in [0.2, 0.25) is 5.52 Å². The number of aromatic nitrogens is 2. The van der Waals surface area contributed by atoms with Crippen molar-refractivity contribution in [1.82, 2.24) is 0 Å². The highest BCUT2D eigenvalue weighted by Crippen LogP contribution is 2.25. The van der Waals surface area contributed by atoms with E-state index < -0.39 is 0 Å². The maximum Gasteiger partial charge on any atom is 0.255 e. The number of fused-ring (bicyclic) bond motifs is 1. The third-order valence-electron chi connectivity index (χ3n) is 5.92. The highest BCUT2D eigenvalue weighted by Gasteiger charge is 2.10. The van der Waals surface area contributed by atoms with Crippen LogP contribution in [0.15, 0.2) is 110 Å². The first-order valence-electron chi connectivity index (χ1n) is 11.2. The van der Waals surface area contributed by atoms with Crippen LogP contribution in [0.2, 0.25) is 0 Å². The summed E-state index contributed by atoms with van der Waals surface area (Å²) in [5.74, 6) is -0.136. The van der Waals surface area contributed by atoms with Gasteiger partial charge in [0.1, 0.15) is 14.1 Å². The molecule has 0 atom stereocenters. The second-order valence-corrected chi connectivity index (χ2v) is 8.34. The van der Waals surface area contributed by atoms with Crippen molar-refractivity contribution in [3.63, 3.8) is 0 Å². The van der Waals surface area contributed by atoms with Crippen molar-refractivity contribution >= 4 is 33.9 Å². The van der Waals surface area contributed by atoms with Crippen LogP contribution in [0.3, 0.4) is 0 Å². The number of aryl methyl sites for hydroxylation is 2. The summed E-state index contributed by atoms with van der Waals surface area (Å²) in [6.07, 6.45) is 6.07. The molecule has 5 rings (SSSR count). The molecule has 34 heavy (non-hydrogen) atoms. The minimum atomic E-state index is -0.136. The Balaban J connectivity index is 1.27. The van der Waals surface area contributed by atoms with E-state index in [-0.39, 0.29) is 5.91 Å². The Hall–Kier alpha value is -4.51. The third-order valence-corrected chi connectivity index (χ3v) is 5.92. The van der Waals surface area contributed by atoms with Crippen LogP contribution in [0.1, 0.15) is 10.4 Å². The summed E-state index contributed by atoms with van der Waals surface area (Å²) >= 11 is 0. The van der Waals surface area contributed by atoms with E-state index >= 15 is 0 Å². The molecule has 0 aliphatic carbocycles. The van der Waals surface area contributed by atoms with Gasteiger partial charge in [0.05, 0.1) is 11.1 Å². The van der Waals surface area contributed by atoms with Crippen molar-refractivity contribution in [2.45, 2.75) is 0 Å². The van der Waals surface area contributed by atoms with Gasteiger partial charge in [-0.05, 0) is 53.6 Å². The Morgan fingerprint density at radius 1 is 0.676 bits per heavy atom. The van der Waals surface area contributed by atoms with Gasteiger partial charge >= 0.3 is 0 Å². The number of para-hydroxylation sites is 1. The van der Waals surface area contributed by atoms with Crippen LogP contribution in [0.25, 0.3) is 22.0 Å². The Labute approximate surface area is 198 Å². The smallest absolute Gasteiger partial charge is 0.255 e. The van der Waals surface area contributed by atoms with E-state index in [4.69, 9.17) is 0 Å². The van der Waals surface area contributed by atoms with Gasteiger partial charge in [-0.1, -0.05) is 24.3 Å². The van der Waals surface area contributed by atoms with Crippen molar-refractivity contribution in [1.29, 1.82) is 0 Å². The molecule has 5 aromatic rings. The summed E-state index contributed by atoms with van der Waals surface area (Å²) in [6.45, 7) is 0. The molecule has 1 amide bonds. The van der Waals surface area contributed by atoms with Gasteiger partial charge in [0.15, 0.2) is 18.6 Å². The van der Waals surface area contributed by atoms with Crippen LogP contribution >= 0.6 is 0 Å². The molecule has 0 aliphatic rings. The van der Waals surface area contributed by atoms with Gasteiger partial charge in [-0.15, -0.1) is 0 Å². The van der Waals surface area contributed by atoms with Crippen molar-refractivity contribution in [3.8, 4) is 11.1 Å². The summed E-state index contributed by atoms with van der Waals surface area (Å²) in [7, 11) is 4.03. The molecule has 0 saturated carbocycles. The van der Waals surface area contributed by atoms with Gasteiger partial charge in [0, 0.05) is 41.2 Å². The minimum absolute atomic E-state index is 0.136. The molecular formula is C29H26N4O+2. The lowest BCUT2D eigenvalue weighted by molar-refractivity contribution is -0.671. The summed E-state index contributed by atoms with van der Waals surface area (Å²) < 4.78 is 4.10. The summed E-state index contributed by atoms with van der Waals surface area (Å²) in [6, 6.07) is 29.9. The topological polar surface area (TPSA) is 48.9 Å². The standard InChI is InChI=1S/C29H24N4O/c1-32-18-15-22(16-19-32)21-7-11-25(12-8-21)31-29(34)23-9-13-24(14-10-23)30-27-17-20-33(2)28-6-4-3-5-26(27)28/h3-20H,1-2H3/p+2. The van der Waals surface area contributed by atoms with Crippen LogP contribution in [-0.4, -0.2) is 5.91 Å². The normalized spacial score (nSPS) is 10.8. The number of amides is 1. The van der Waals surface area contributed by atoms with E-state index in [0.29, 0.717) is 5.56 Å². The summed E-state index contributed by atoms with van der Waals surface area (Å²) in [5.41, 5.74) is 6.72. The molecule has 0 fully saturated rings. The van der Waals surface area contributed by atoms with E-state index in [1.54, 1.807) is 0 Å². The molecular weight excluding hydrogens is 420 g/mol. The zero-order valence-electron chi connectivity index (χ0n) is 19.2. The number of hydrogen-bond donors (Lipinski definition) is 2. The highest BCUT2D eigenvalue weighted by molar-refractivity contribution is 6.04. The lowest BCUT2D eigenvalue weighted by atomic mass is 10.1. The molecule has 0 bridgehead atoms. The van der Waals surface area contributed by atoms with E-state index in [9.17, 15) is 4.79 Å². The second-order valence-electron chi connectivity index (χ2n) is 8.34. The quantitative estimate of drug-likeness (QED) is 0.367. The predicted octanol–water partition coefficient (Wildman–Crippen LogP) is 5.15. The first-order valence-corrected chi connectivity index (χ1v) is 11.2. The van der Waals surface area contributed by atoms with Crippen molar-refractivity contribution in [2.75, 3.05) is 10.6 Å². The number of benzene rings is 3. The average Bonchev–Trinajstić information content (AvgIpc) is 2.87. The van der Waals surface area contributed by atoms with Crippen LogP contribution in [0.4, 0.5) is 17.1 Å². The Morgan fingerprint density at radius 2 is 1.32 bits per heavy atom. The van der Waals surface area contributed by atoms with E-state index in [1.807, 2.05) is 97.9 Å². The largest absolute Gasteiger partial charge is 0.355 e. The molecule has 0 saturated heterocycles. The van der Waals surface area contributed by atoms with Crippen molar-refractivity contribution in [2.24, 2.45) is 14.1 Å². The van der Waals surface area contributed by atoms with Gasteiger partial charge < -0.3 is 10.6 Å². The predicted molar refractivity (Wildman–Crippen MR) is 136 cm³/mol. The summed E-state index contributed by atoms with van der Waals surface area (Å²) in [5, 5.41) is 7.59. The van der Waals surface area contributed by atoms with Crippen molar-refractivity contribution in [3.05, 3.63) is 115 Å². The number of carbonyl (C=O) groups is 1. The number of nitrogens with one attached hydrogen (secondary N) is 2. The SMILES string of the molecule is C[n+]1ccc(-c2ccc(NC(=O)c3ccc(Nc4cc[n+](C)c5ccccc45)cc3)cc2)cc1. The van der Waals surface area contributed by atoms with E-state index in [0.717, 1.165) is 39.1 Å². The number of pyridine rings is 2. The molecule has 0 aliphatic heterocycles. The molecule has 0 spiro atoms. The number of rotatable bonds is 5. The first kappa shape index (κ1) is 21.3. The zero-order chi connectivity index (χ0) is 23.5. The second kappa shape index (κ2) is 9.16. The van der Waals surface area contributed by atoms with Crippen LogP contribution < -0.4 is 19.8 Å². The minimum Gasteiger partial charge on any atom is -0.355 e. The fourth-order valence-corrected chi connectivity index (χ4v) is 3.98. The molecule has 2 N–H and O–H groups in total. The van der Waals surface area contributed by atoms with E-state index in [2.05, 4.69) is 45.5 Å². The molecule has 0 radical (unpaired) electrons. The Bertz CT molecular complexity index is 1460. The fraction of sp³-hybridized carbons (Fsp3) is 0.0690. The molecule has 166 valence electrons.